The van der Waals surface area contributed by atoms with E-state index in [9.17, 15) is 4.57 Å². The SMILES string of the molecule is CCCCCCCCCCCCc1ccc(CC[PH](=O)O)cc1. The van der Waals surface area contributed by atoms with Gasteiger partial charge in [0.2, 0.25) is 0 Å². The molecule has 0 radical (unpaired) electrons. The summed E-state index contributed by atoms with van der Waals surface area (Å²) in [5.41, 5.74) is 2.56. The molecule has 0 fully saturated rings. The summed E-state index contributed by atoms with van der Waals surface area (Å²) in [6.45, 7) is 2.27. The van der Waals surface area contributed by atoms with Crippen molar-refractivity contribution in [1.82, 2.24) is 0 Å². The van der Waals surface area contributed by atoms with E-state index in [1.807, 2.05) is 0 Å². The van der Waals surface area contributed by atoms with Crippen LogP contribution >= 0.6 is 8.03 Å². The minimum atomic E-state index is -2.32. The summed E-state index contributed by atoms with van der Waals surface area (Å²) in [6, 6.07) is 8.57. The molecule has 0 heterocycles. The van der Waals surface area contributed by atoms with Gasteiger partial charge in [-0.3, -0.25) is 4.57 Å². The average molecular weight is 338 g/mol. The van der Waals surface area contributed by atoms with Gasteiger partial charge in [0.1, 0.15) is 0 Å². The summed E-state index contributed by atoms with van der Waals surface area (Å²) >= 11 is 0. The molecule has 2 nitrogen and oxygen atoms in total. The van der Waals surface area contributed by atoms with Crippen molar-refractivity contribution in [3.63, 3.8) is 0 Å². The van der Waals surface area contributed by atoms with E-state index < -0.39 is 8.03 Å². The molecule has 1 aromatic rings. The highest BCUT2D eigenvalue weighted by atomic mass is 31.1. The number of benzene rings is 1. The summed E-state index contributed by atoms with van der Waals surface area (Å²) in [5, 5.41) is 0. The Morgan fingerprint density at radius 1 is 0.739 bits per heavy atom. The maximum atomic E-state index is 10.7. The van der Waals surface area contributed by atoms with E-state index in [1.165, 1.54) is 75.3 Å². The molecule has 1 unspecified atom stereocenters. The first kappa shape index (κ1) is 20.5. The molecule has 1 rings (SSSR count). The van der Waals surface area contributed by atoms with Gasteiger partial charge in [0.15, 0.2) is 8.03 Å². The lowest BCUT2D eigenvalue weighted by Crippen LogP contribution is -1.91. The van der Waals surface area contributed by atoms with Crippen molar-refractivity contribution < 1.29 is 9.46 Å². The van der Waals surface area contributed by atoms with E-state index in [1.54, 1.807) is 0 Å². The Morgan fingerprint density at radius 3 is 1.65 bits per heavy atom. The largest absolute Gasteiger partial charge is 0.346 e. The Kier molecular flexibility index (Phi) is 12.3. The molecule has 1 aromatic carbocycles. The number of rotatable bonds is 14. The highest BCUT2D eigenvalue weighted by Gasteiger charge is 1.99. The molecule has 0 aliphatic heterocycles. The third-order valence-electron chi connectivity index (χ3n) is 4.47. The van der Waals surface area contributed by atoms with Gasteiger partial charge < -0.3 is 4.89 Å². The highest BCUT2D eigenvalue weighted by Crippen LogP contribution is 2.17. The third-order valence-corrected chi connectivity index (χ3v) is 5.15. The summed E-state index contributed by atoms with van der Waals surface area (Å²) in [7, 11) is -2.32. The van der Waals surface area contributed by atoms with Gasteiger partial charge in [-0.05, 0) is 30.4 Å². The fourth-order valence-electron chi connectivity index (χ4n) is 2.94. The molecule has 1 N–H and O–H groups in total. The quantitative estimate of drug-likeness (QED) is 0.326. The van der Waals surface area contributed by atoms with Crippen LogP contribution in [-0.2, 0) is 17.4 Å². The summed E-state index contributed by atoms with van der Waals surface area (Å²) in [5.74, 6) is 0. The Labute approximate surface area is 143 Å². The second-order valence-corrected chi connectivity index (χ2v) is 7.93. The van der Waals surface area contributed by atoms with Crippen molar-refractivity contribution in [2.45, 2.75) is 84.0 Å². The van der Waals surface area contributed by atoms with E-state index in [-0.39, 0.29) is 0 Å². The average Bonchev–Trinajstić information content (AvgIpc) is 2.55. The van der Waals surface area contributed by atoms with Crippen LogP contribution in [0.1, 0.15) is 82.3 Å². The smallest absolute Gasteiger partial charge is 0.189 e. The predicted octanol–water partition coefficient (Wildman–Crippen LogP) is 6.16. The van der Waals surface area contributed by atoms with Gasteiger partial charge in [-0.25, -0.2) is 0 Å². The minimum Gasteiger partial charge on any atom is -0.346 e. The van der Waals surface area contributed by atoms with Crippen LogP contribution in [0.3, 0.4) is 0 Å². The minimum absolute atomic E-state index is 0.405. The Bertz CT molecular complexity index is 414. The van der Waals surface area contributed by atoms with Crippen LogP contribution in [0.15, 0.2) is 24.3 Å². The number of hydrogen-bond donors (Lipinski definition) is 1. The van der Waals surface area contributed by atoms with Crippen LogP contribution < -0.4 is 0 Å². The normalized spacial score (nSPS) is 12.4. The van der Waals surface area contributed by atoms with Crippen LogP contribution in [0, 0.1) is 0 Å². The van der Waals surface area contributed by atoms with Gasteiger partial charge in [0.05, 0.1) is 0 Å². The lowest BCUT2D eigenvalue weighted by atomic mass is 10.0. The van der Waals surface area contributed by atoms with Crippen LogP contribution in [0.5, 0.6) is 0 Å². The topological polar surface area (TPSA) is 37.3 Å². The Balaban J connectivity index is 2.00. The highest BCUT2D eigenvalue weighted by molar-refractivity contribution is 7.37. The van der Waals surface area contributed by atoms with Gasteiger partial charge in [-0.2, -0.15) is 0 Å². The molecular weight excluding hydrogens is 303 g/mol. The second-order valence-electron chi connectivity index (χ2n) is 6.64. The molecule has 0 bridgehead atoms. The van der Waals surface area contributed by atoms with Crippen LogP contribution in [0.2, 0.25) is 0 Å². The number of hydrogen-bond acceptors (Lipinski definition) is 1. The van der Waals surface area contributed by atoms with Crippen molar-refractivity contribution in [2.75, 3.05) is 6.16 Å². The Hall–Kier alpha value is -0.590. The van der Waals surface area contributed by atoms with E-state index in [4.69, 9.17) is 4.89 Å². The molecule has 0 saturated heterocycles. The molecule has 132 valence electrons. The fraction of sp³-hybridized carbons (Fsp3) is 0.700. The van der Waals surface area contributed by atoms with Gasteiger partial charge in [-0.1, -0.05) is 89.0 Å². The standard InChI is InChI=1S/C20H35O2P/c1-2-3-4-5-6-7-8-9-10-11-12-19-13-15-20(16-14-19)17-18-23(21)22/h13-16,23H,2-12,17-18H2,1H3,(H,21,22). The monoisotopic (exact) mass is 338 g/mol. The fourth-order valence-corrected chi connectivity index (χ4v) is 3.44. The van der Waals surface area contributed by atoms with Crippen LogP contribution in [0.25, 0.3) is 0 Å². The lowest BCUT2D eigenvalue weighted by molar-refractivity contribution is 0.502. The molecule has 1 atom stereocenters. The first-order chi connectivity index (χ1) is 11.2. The van der Waals surface area contributed by atoms with Gasteiger partial charge >= 0.3 is 0 Å². The van der Waals surface area contributed by atoms with Crippen molar-refractivity contribution in [1.29, 1.82) is 0 Å². The van der Waals surface area contributed by atoms with Crippen LogP contribution in [-0.4, -0.2) is 11.1 Å². The van der Waals surface area contributed by atoms with Gasteiger partial charge in [0, 0.05) is 6.16 Å². The van der Waals surface area contributed by atoms with E-state index >= 15 is 0 Å². The maximum absolute atomic E-state index is 10.7. The maximum Gasteiger partial charge on any atom is 0.189 e. The first-order valence-corrected chi connectivity index (χ1v) is 11.1. The zero-order chi connectivity index (χ0) is 16.8. The van der Waals surface area contributed by atoms with Crippen molar-refractivity contribution in [2.24, 2.45) is 0 Å². The molecule has 0 aliphatic carbocycles. The van der Waals surface area contributed by atoms with Crippen molar-refractivity contribution in [3.05, 3.63) is 35.4 Å². The summed E-state index contributed by atoms with van der Waals surface area (Å²) in [6.07, 6.45) is 16.1. The molecule has 0 aliphatic rings. The summed E-state index contributed by atoms with van der Waals surface area (Å²) in [4.78, 5) is 8.87. The molecule has 0 spiro atoms. The van der Waals surface area contributed by atoms with E-state index in [2.05, 4.69) is 31.2 Å². The van der Waals surface area contributed by atoms with E-state index in [0.29, 0.717) is 12.6 Å². The lowest BCUT2D eigenvalue weighted by Gasteiger charge is -2.05. The van der Waals surface area contributed by atoms with E-state index in [0.717, 1.165) is 6.42 Å². The zero-order valence-electron chi connectivity index (χ0n) is 14.9. The van der Waals surface area contributed by atoms with Gasteiger partial charge in [-0.15, -0.1) is 0 Å². The van der Waals surface area contributed by atoms with Crippen LogP contribution in [0.4, 0.5) is 0 Å². The third kappa shape index (κ3) is 11.6. The summed E-state index contributed by atoms with van der Waals surface area (Å²) < 4.78 is 10.7. The van der Waals surface area contributed by atoms with Crippen molar-refractivity contribution in [3.8, 4) is 0 Å². The zero-order valence-corrected chi connectivity index (χ0v) is 15.9. The molecule has 0 saturated carbocycles. The molecule has 0 aromatic heterocycles. The molecular formula is C20H35O2P. The second kappa shape index (κ2) is 13.8. The first-order valence-electron chi connectivity index (χ1n) is 9.52. The Morgan fingerprint density at radius 2 is 1.17 bits per heavy atom. The number of unbranched alkanes of at least 4 members (excludes halogenated alkanes) is 9. The van der Waals surface area contributed by atoms with Crippen molar-refractivity contribution >= 4 is 8.03 Å². The van der Waals surface area contributed by atoms with Gasteiger partial charge in [0.25, 0.3) is 0 Å². The molecule has 3 heteroatoms. The predicted molar refractivity (Wildman–Crippen MR) is 102 cm³/mol. The molecule has 23 heavy (non-hydrogen) atoms. The molecule has 0 amide bonds. The number of aryl methyl sites for hydroxylation is 2.